The van der Waals surface area contributed by atoms with Crippen LogP contribution in [0.3, 0.4) is 0 Å². The van der Waals surface area contributed by atoms with E-state index < -0.39 is 10.0 Å². The molecule has 1 amide bonds. The zero-order valence-corrected chi connectivity index (χ0v) is 14.6. The van der Waals surface area contributed by atoms with Gasteiger partial charge in [0.2, 0.25) is 10.0 Å². The number of carbonyl (C=O) groups excluding carboxylic acids is 1. The van der Waals surface area contributed by atoms with Gasteiger partial charge in [-0.1, -0.05) is 6.92 Å². The molecule has 0 unspecified atom stereocenters. The van der Waals surface area contributed by atoms with Crippen molar-refractivity contribution in [3.05, 3.63) is 17.7 Å². The fourth-order valence-corrected chi connectivity index (χ4v) is 4.38. The number of aromatic nitrogens is 2. The Bertz CT molecular complexity index is 656. The van der Waals surface area contributed by atoms with E-state index in [2.05, 4.69) is 10.3 Å². The largest absolute Gasteiger partial charge is 0.383 e. The van der Waals surface area contributed by atoms with Gasteiger partial charge in [0.05, 0.1) is 18.4 Å². The minimum atomic E-state index is -3.29. The highest BCUT2D eigenvalue weighted by Gasteiger charge is 2.34. The standard InChI is InChI=1S/C14H24N4O4S/c1-4-9-23(20,21)18-7-6-17-10-12(16-13(17)11(18)2)14(19)15-5-8-22-3/h10-11H,4-9H2,1-3H3,(H,15,19)/t11-/m1/s1. The molecule has 2 heterocycles. The summed E-state index contributed by atoms with van der Waals surface area (Å²) in [5, 5.41) is 2.71. The van der Waals surface area contributed by atoms with Crippen molar-refractivity contribution in [2.75, 3.05) is 32.6 Å². The molecule has 0 saturated heterocycles. The number of nitrogens with one attached hydrogen (secondary N) is 1. The highest BCUT2D eigenvalue weighted by molar-refractivity contribution is 7.89. The van der Waals surface area contributed by atoms with Crippen LogP contribution in [0.1, 0.15) is 42.6 Å². The maximum absolute atomic E-state index is 12.3. The summed E-state index contributed by atoms with van der Waals surface area (Å²) in [6, 6.07) is -0.374. The molecule has 1 aromatic rings. The normalized spacial score (nSPS) is 18.7. The van der Waals surface area contributed by atoms with Gasteiger partial charge in [0, 0.05) is 32.9 Å². The second kappa shape index (κ2) is 7.41. The second-order valence-electron chi connectivity index (χ2n) is 5.53. The van der Waals surface area contributed by atoms with Crippen molar-refractivity contribution < 1.29 is 17.9 Å². The molecule has 0 aromatic carbocycles. The van der Waals surface area contributed by atoms with E-state index in [9.17, 15) is 13.2 Å². The Labute approximate surface area is 136 Å². The summed E-state index contributed by atoms with van der Waals surface area (Å²) in [5.74, 6) is 0.453. The van der Waals surface area contributed by atoms with Gasteiger partial charge in [0.25, 0.3) is 5.91 Å². The summed E-state index contributed by atoms with van der Waals surface area (Å²) in [6.07, 6.45) is 2.25. The lowest BCUT2D eigenvalue weighted by molar-refractivity contribution is 0.0932. The second-order valence-corrected chi connectivity index (χ2v) is 7.57. The van der Waals surface area contributed by atoms with Gasteiger partial charge < -0.3 is 14.6 Å². The molecule has 0 spiro atoms. The van der Waals surface area contributed by atoms with Crippen molar-refractivity contribution in [1.29, 1.82) is 0 Å². The predicted molar refractivity (Wildman–Crippen MR) is 85.6 cm³/mol. The van der Waals surface area contributed by atoms with Crippen LogP contribution in [0.2, 0.25) is 0 Å². The van der Waals surface area contributed by atoms with Crippen LogP contribution in [-0.2, 0) is 21.3 Å². The van der Waals surface area contributed by atoms with Crippen molar-refractivity contribution in [2.45, 2.75) is 32.9 Å². The first-order valence-corrected chi connectivity index (χ1v) is 9.35. The molecule has 0 radical (unpaired) electrons. The third kappa shape index (κ3) is 3.91. The summed E-state index contributed by atoms with van der Waals surface area (Å²) < 4.78 is 32.9. The monoisotopic (exact) mass is 344 g/mol. The van der Waals surface area contributed by atoms with E-state index in [1.165, 1.54) is 4.31 Å². The lowest BCUT2D eigenvalue weighted by atomic mass is 10.2. The van der Waals surface area contributed by atoms with Crippen molar-refractivity contribution in [3.8, 4) is 0 Å². The molecule has 0 fully saturated rings. The van der Waals surface area contributed by atoms with Crippen LogP contribution in [-0.4, -0.2) is 60.7 Å². The van der Waals surface area contributed by atoms with Crippen LogP contribution < -0.4 is 5.32 Å². The van der Waals surface area contributed by atoms with Crippen molar-refractivity contribution in [1.82, 2.24) is 19.2 Å². The van der Waals surface area contributed by atoms with Crippen LogP contribution in [0.5, 0.6) is 0 Å². The molecular formula is C14H24N4O4S. The van der Waals surface area contributed by atoms with Gasteiger partial charge in [0.1, 0.15) is 11.5 Å². The first-order valence-electron chi connectivity index (χ1n) is 7.74. The molecule has 8 nitrogen and oxygen atoms in total. The molecule has 1 N–H and O–H groups in total. The van der Waals surface area contributed by atoms with Crippen LogP contribution in [0, 0.1) is 0 Å². The van der Waals surface area contributed by atoms with E-state index in [1.807, 2.05) is 11.5 Å². The molecule has 0 bridgehead atoms. The van der Waals surface area contributed by atoms with Gasteiger partial charge in [-0.25, -0.2) is 13.4 Å². The van der Waals surface area contributed by atoms with E-state index in [0.717, 1.165) is 0 Å². The van der Waals surface area contributed by atoms with E-state index in [0.29, 0.717) is 44.2 Å². The molecule has 1 aromatic heterocycles. The molecule has 2 rings (SSSR count). The van der Waals surface area contributed by atoms with Gasteiger partial charge in [-0.2, -0.15) is 4.31 Å². The Balaban J connectivity index is 2.16. The van der Waals surface area contributed by atoms with Crippen LogP contribution in [0.15, 0.2) is 6.20 Å². The fraction of sp³-hybridized carbons (Fsp3) is 0.714. The molecule has 130 valence electrons. The maximum Gasteiger partial charge on any atom is 0.271 e. The molecule has 1 aliphatic rings. The number of hydrogen-bond donors (Lipinski definition) is 1. The number of rotatable bonds is 7. The molecule has 0 aliphatic carbocycles. The number of sulfonamides is 1. The molecule has 9 heteroatoms. The number of methoxy groups -OCH3 is 1. The molecule has 1 aliphatic heterocycles. The zero-order valence-electron chi connectivity index (χ0n) is 13.8. The average molecular weight is 344 g/mol. The minimum absolute atomic E-state index is 0.127. The van der Waals surface area contributed by atoms with Crippen molar-refractivity contribution in [3.63, 3.8) is 0 Å². The van der Waals surface area contributed by atoms with Gasteiger partial charge in [-0.05, 0) is 13.3 Å². The first kappa shape index (κ1) is 17.9. The SMILES string of the molecule is CCCS(=O)(=O)N1CCn2cc(C(=O)NCCOC)nc2[C@H]1C. The summed E-state index contributed by atoms with van der Waals surface area (Å²) in [5.41, 5.74) is 0.303. The zero-order chi connectivity index (χ0) is 17.0. The Morgan fingerprint density at radius 1 is 1.48 bits per heavy atom. The number of imidazole rings is 1. The lowest BCUT2D eigenvalue weighted by Crippen LogP contribution is -2.42. The van der Waals surface area contributed by atoms with Crippen LogP contribution in [0.25, 0.3) is 0 Å². The van der Waals surface area contributed by atoms with Crippen molar-refractivity contribution >= 4 is 15.9 Å². The number of amides is 1. The quantitative estimate of drug-likeness (QED) is 0.722. The highest BCUT2D eigenvalue weighted by atomic mass is 32.2. The Morgan fingerprint density at radius 3 is 2.87 bits per heavy atom. The number of carbonyl (C=O) groups is 1. The summed E-state index contributed by atoms with van der Waals surface area (Å²) in [7, 11) is -1.73. The summed E-state index contributed by atoms with van der Waals surface area (Å²) >= 11 is 0. The number of ether oxygens (including phenoxy) is 1. The number of nitrogens with zero attached hydrogens (tertiary/aromatic N) is 3. The summed E-state index contributed by atoms with van der Waals surface area (Å²) in [6.45, 7) is 5.38. The van der Waals surface area contributed by atoms with Gasteiger partial charge in [-0.3, -0.25) is 4.79 Å². The average Bonchev–Trinajstić information content (AvgIpc) is 2.92. The third-order valence-electron chi connectivity index (χ3n) is 3.82. The fourth-order valence-electron chi connectivity index (χ4n) is 2.69. The van der Waals surface area contributed by atoms with Gasteiger partial charge >= 0.3 is 0 Å². The molecule has 23 heavy (non-hydrogen) atoms. The van der Waals surface area contributed by atoms with E-state index >= 15 is 0 Å². The lowest BCUT2D eigenvalue weighted by Gasteiger charge is -2.32. The topological polar surface area (TPSA) is 93.5 Å². The molecule has 0 saturated carbocycles. The summed E-state index contributed by atoms with van der Waals surface area (Å²) in [4.78, 5) is 16.4. The third-order valence-corrected chi connectivity index (χ3v) is 5.96. The van der Waals surface area contributed by atoms with Crippen LogP contribution >= 0.6 is 0 Å². The first-order chi connectivity index (χ1) is 10.9. The smallest absolute Gasteiger partial charge is 0.271 e. The van der Waals surface area contributed by atoms with Gasteiger partial charge in [0.15, 0.2) is 0 Å². The number of hydrogen-bond acceptors (Lipinski definition) is 5. The Morgan fingerprint density at radius 2 is 2.22 bits per heavy atom. The molecular weight excluding hydrogens is 320 g/mol. The van der Waals surface area contributed by atoms with Crippen LogP contribution in [0.4, 0.5) is 0 Å². The van der Waals surface area contributed by atoms with E-state index in [1.54, 1.807) is 20.2 Å². The Kier molecular flexibility index (Phi) is 5.77. The van der Waals surface area contributed by atoms with E-state index in [4.69, 9.17) is 4.74 Å². The molecule has 1 atom stereocenters. The Hall–Kier alpha value is -1.45. The highest BCUT2D eigenvalue weighted by Crippen LogP contribution is 2.27. The van der Waals surface area contributed by atoms with Gasteiger partial charge in [-0.15, -0.1) is 0 Å². The maximum atomic E-state index is 12.3. The number of fused-ring (bicyclic) bond motifs is 1. The predicted octanol–water partition coefficient (Wildman–Crippen LogP) is 0.376. The minimum Gasteiger partial charge on any atom is -0.383 e. The van der Waals surface area contributed by atoms with Crippen molar-refractivity contribution in [2.24, 2.45) is 0 Å². The van der Waals surface area contributed by atoms with E-state index in [-0.39, 0.29) is 17.7 Å².